The molecule has 1 heterocycles. The summed E-state index contributed by atoms with van der Waals surface area (Å²) in [5.41, 5.74) is 1.69. The van der Waals surface area contributed by atoms with E-state index >= 15 is 0 Å². The second kappa shape index (κ2) is 12.0. The Morgan fingerprint density at radius 2 is 1.77 bits per heavy atom. The van der Waals surface area contributed by atoms with Gasteiger partial charge < -0.3 is 14.8 Å². The van der Waals surface area contributed by atoms with Crippen LogP contribution < -0.4 is 5.32 Å². The van der Waals surface area contributed by atoms with Crippen LogP contribution in [0.4, 0.5) is 0 Å². The van der Waals surface area contributed by atoms with Crippen molar-refractivity contribution in [1.29, 1.82) is 0 Å². The third kappa shape index (κ3) is 7.31. The van der Waals surface area contributed by atoms with E-state index in [-0.39, 0.29) is 43.1 Å². The zero-order valence-corrected chi connectivity index (χ0v) is 18.6. The molecule has 8 nitrogen and oxygen atoms in total. The van der Waals surface area contributed by atoms with Crippen LogP contribution in [-0.4, -0.2) is 42.0 Å². The number of fused-ring (bicyclic) bond motifs is 1. The molecule has 0 aliphatic rings. The molecule has 168 valence electrons. The molecule has 0 aliphatic heterocycles. The molecule has 1 aromatic carbocycles. The Hall–Kier alpha value is -3.03. The van der Waals surface area contributed by atoms with E-state index in [2.05, 4.69) is 20.0 Å². The number of hydrogen-bond acceptors (Lipinski definition) is 7. The predicted octanol–water partition coefficient (Wildman–Crippen LogP) is 2.97. The highest BCUT2D eigenvalue weighted by molar-refractivity contribution is 5.82. The van der Waals surface area contributed by atoms with Crippen molar-refractivity contribution in [3.8, 4) is 0 Å². The third-order valence-corrected chi connectivity index (χ3v) is 5.19. The molecule has 8 heteroatoms. The molecule has 2 aromatic rings. The maximum absolute atomic E-state index is 12.0. The summed E-state index contributed by atoms with van der Waals surface area (Å²) in [6.07, 6.45) is 2.26. The minimum Gasteiger partial charge on any atom is -0.469 e. The number of aromatic nitrogens is 2. The van der Waals surface area contributed by atoms with Gasteiger partial charge in [-0.25, -0.2) is 9.97 Å². The number of methoxy groups -OCH3 is 2. The molecule has 0 unspecified atom stereocenters. The molecule has 1 aromatic heterocycles. The van der Waals surface area contributed by atoms with E-state index in [4.69, 9.17) is 4.74 Å². The van der Waals surface area contributed by atoms with Crippen molar-refractivity contribution in [2.45, 2.75) is 52.5 Å². The van der Waals surface area contributed by atoms with E-state index in [1.807, 2.05) is 38.1 Å². The van der Waals surface area contributed by atoms with Gasteiger partial charge in [0.25, 0.3) is 0 Å². The molecule has 1 amide bonds. The molecule has 0 radical (unpaired) electrons. The van der Waals surface area contributed by atoms with E-state index in [1.54, 1.807) is 0 Å². The predicted molar refractivity (Wildman–Crippen MR) is 116 cm³/mol. The number of ether oxygens (including phenoxy) is 2. The Balaban J connectivity index is 2.07. The van der Waals surface area contributed by atoms with E-state index in [9.17, 15) is 14.4 Å². The molecule has 0 aliphatic carbocycles. The number of nitrogens with one attached hydrogen (secondary N) is 1. The number of carbonyl (C=O) groups excluding carboxylic acids is 3. The highest BCUT2D eigenvalue weighted by Crippen LogP contribution is 2.22. The number of amides is 1. The lowest BCUT2D eigenvalue weighted by molar-refractivity contribution is -0.147. The first-order valence-electron chi connectivity index (χ1n) is 10.5. The van der Waals surface area contributed by atoms with Crippen molar-refractivity contribution in [3.05, 3.63) is 35.8 Å². The van der Waals surface area contributed by atoms with Crippen molar-refractivity contribution in [2.75, 3.05) is 14.2 Å². The maximum Gasteiger partial charge on any atom is 0.308 e. The summed E-state index contributed by atoms with van der Waals surface area (Å²) >= 11 is 0. The van der Waals surface area contributed by atoms with Gasteiger partial charge in [0.1, 0.15) is 5.82 Å². The fraction of sp³-hybridized carbons (Fsp3) is 0.522. The van der Waals surface area contributed by atoms with Crippen molar-refractivity contribution in [2.24, 2.45) is 11.8 Å². The lowest BCUT2D eigenvalue weighted by atomic mass is 9.90. The first-order valence-corrected chi connectivity index (χ1v) is 10.5. The van der Waals surface area contributed by atoms with Gasteiger partial charge in [0.2, 0.25) is 5.91 Å². The van der Waals surface area contributed by atoms with Crippen LogP contribution in [-0.2, 0) is 36.8 Å². The molecule has 1 N–H and O–H groups in total. The fourth-order valence-corrected chi connectivity index (χ4v) is 3.41. The van der Waals surface area contributed by atoms with Gasteiger partial charge >= 0.3 is 11.9 Å². The monoisotopic (exact) mass is 429 g/mol. The van der Waals surface area contributed by atoms with Crippen molar-refractivity contribution in [3.63, 3.8) is 0 Å². The first kappa shape index (κ1) is 24.2. The van der Waals surface area contributed by atoms with Crippen LogP contribution in [0.25, 0.3) is 10.9 Å². The van der Waals surface area contributed by atoms with Crippen LogP contribution in [0.3, 0.4) is 0 Å². The van der Waals surface area contributed by atoms with E-state index in [0.29, 0.717) is 18.7 Å². The average Bonchev–Trinajstić information content (AvgIpc) is 2.77. The first-order chi connectivity index (χ1) is 14.8. The highest BCUT2D eigenvalue weighted by atomic mass is 16.5. The van der Waals surface area contributed by atoms with Crippen LogP contribution in [0.2, 0.25) is 0 Å². The number of esters is 2. The normalized spacial score (nSPS) is 11.9. The number of rotatable bonds is 11. The fourth-order valence-electron chi connectivity index (χ4n) is 3.41. The van der Waals surface area contributed by atoms with Gasteiger partial charge in [0.15, 0.2) is 0 Å². The Kier molecular flexibility index (Phi) is 9.37. The van der Waals surface area contributed by atoms with Crippen molar-refractivity contribution >= 4 is 28.7 Å². The number of aryl methyl sites for hydroxylation is 1. The standard InChI is InChI=1S/C23H31N3O5/c1-15(2)16(23(29)31-4)9-7-11-19-17-8-5-6-10-18(17)25-20(26-19)14-24-21(27)12-13-22(28)30-3/h5-6,8,10,15-16H,7,9,11-14H2,1-4H3,(H,24,27)/t16-/m0/s1. The molecule has 0 spiro atoms. The van der Waals surface area contributed by atoms with E-state index in [0.717, 1.165) is 23.0 Å². The number of nitrogens with zero attached hydrogens (tertiary/aromatic N) is 2. The quantitative estimate of drug-likeness (QED) is 0.547. The molecule has 2 rings (SSSR count). The summed E-state index contributed by atoms with van der Waals surface area (Å²) in [6, 6.07) is 7.73. The number of carbonyl (C=O) groups is 3. The Morgan fingerprint density at radius 1 is 1.03 bits per heavy atom. The minimum absolute atomic E-state index is 0.0311. The number of hydrogen-bond donors (Lipinski definition) is 1. The van der Waals surface area contributed by atoms with Crippen molar-refractivity contribution in [1.82, 2.24) is 15.3 Å². The van der Waals surface area contributed by atoms with E-state index in [1.165, 1.54) is 14.2 Å². The Labute approximate surface area is 182 Å². The minimum atomic E-state index is -0.425. The van der Waals surface area contributed by atoms with Crippen molar-refractivity contribution < 1.29 is 23.9 Å². The maximum atomic E-state index is 12.0. The molecule has 0 saturated carbocycles. The molecule has 31 heavy (non-hydrogen) atoms. The lowest BCUT2D eigenvalue weighted by Gasteiger charge is -2.18. The van der Waals surface area contributed by atoms with Gasteiger partial charge in [-0.3, -0.25) is 14.4 Å². The van der Waals surface area contributed by atoms with Crippen LogP contribution in [0.1, 0.15) is 51.0 Å². The average molecular weight is 430 g/mol. The summed E-state index contributed by atoms with van der Waals surface area (Å²) in [6.45, 7) is 4.21. The molecule has 0 saturated heterocycles. The van der Waals surface area contributed by atoms with Gasteiger partial charge in [-0.1, -0.05) is 32.0 Å². The number of benzene rings is 1. The molecular weight excluding hydrogens is 398 g/mol. The Morgan fingerprint density at radius 3 is 2.45 bits per heavy atom. The van der Waals surface area contributed by atoms with E-state index < -0.39 is 5.97 Å². The van der Waals surface area contributed by atoms with Gasteiger partial charge in [-0.15, -0.1) is 0 Å². The summed E-state index contributed by atoms with van der Waals surface area (Å²) in [4.78, 5) is 44.4. The van der Waals surface area contributed by atoms with Crippen LogP contribution in [0.15, 0.2) is 24.3 Å². The van der Waals surface area contributed by atoms with Gasteiger partial charge in [-0.2, -0.15) is 0 Å². The Bertz CT molecular complexity index is 913. The smallest absolute Gasteiger partial charge is 0.308 e. The molecule has 1 atom stereocenters. The molecular formula is C23H31N3O5. The van der Waals surface area contributed by atoms with Gasteiger partial charge in [0.05, 0.1) is 44.3 Å². The summed E-state index contributed by atoms with van der Waals surface area (Å²) < 4.78 is 9.47. The van der Waals surface area contributed by atoms with Gasteiger partial charge in [-0.05, 0) is 31.2 Å². The highest BCUT2D eigenvalue weighted by Gasteiger charge is 2.22. The van der Waals surface area contributed by atoms with Gasteiger partial charge in [0, 0.05) is 11.8 Å². The zero-order chi connectivity index (χ0) is 22.8. The number of para-hydroxylation sites is 1. The van der Waals surface area contributed by atoms with Crippen LogP contribution in [0.5, 0.6) is 0 Å². The molecule has 0 bridgehead atoms. The third-order valence-electron chi connectivity index (χ3n) is 5.19. The molecule has 0 fully saturated rings. The second-order valence-electron chi connectivity index (χ2n) is 7.72. The second-order valence-corrected chi connectivity index (χ2v) is 7.72. The summed E-state index contributed by atoms with van der Waals surface area (Å²) in [5.74, 6) is -0.309. The van der Waals surface area contributed by atoms with Crippen LogP contribution in [0, 0.1) is 11.8 Å². The topological polar surface area (TPSA) is 107 Å². The lowest BCUT2D eigenvalue weighted by Crippen LogP contribution is -2.25. The summed E-state index contributed by atoms with van der Waals surface area (Å²) in [5, 5.41) is 3.71. The largest absolute Gasteiger partial charge is 0.469 e. The SMILES string of the molecule is COC(=O)CCC(=O)NCc1nc(CCC[C@H](C(=O)OC)C(C)C)c2ccccc2n1. The zero-order valence-electron chi connectivity index (χ0n) is 18.6. The van der Waals surface area contributed by atoms with Crippen LogP contribution >= 0.6 is 0 Å². The summed E-state index contributed by atoms with van der Waals surface area (Å²) in [7, 11) is 2.71.